The molecule has 3 rings (SSSR count). The number of hydrogen-bond acceptors (Lipinski definition) is 6. The van der Waals surface area contributed by atoms with Gasteiger partial charge in [-0.05, 0) is 50.0 Å². The number of nitrogens with zero attached hydrogens (tertiary/aromatic N) is 1. The molecular formula is C22H27N3O3. The van der Waals surface area contributed by atoms with E-state index in [1.807, 2.05) is 12.1 Å². The van der Waals surface area contributed by atoms with Gasteiger partial charge in [0, 0.05) is 13.1 Å². The Bertz CT molecular complexity index is 887. The van der Waals surface area contributed by atoms with Crippen LogP contribution < -0.4 is 26.2 Å². The van der Waals surface area contributed by atoms with Crippen LogP contribution in [0.15, 0.2) is 33.9 Å². The van der Waals surface area contributed by atoms with Crippen LogP contribution >= 0.6 is 0 Å². The smallest absolute Gasteiger partial charge is 0.253 e. The van der Waals surface area contributed by atoms with Crippen LogP contribution in [-0.4, -0.2) is 37.7 Å². The van der Waals surface area contributed by atoms with Crippen molar-refractivity contribution in [1.82, 2.24) is 4.90 Å². The average molecular weight is 381 g/mol. The minimum Gasteiger partial charge on any atom is -0.494 e. The summed E-state index contributed by atoms with van der Waals surface area (Å²) in [5.74, 6) is 3.25. The van der Waals surface area contributed by atoms with Crippen LogP contribution in [0.3, 0.4) is 0 Å². The largest absolute Gasteiger partial charge is 0.494 e. The zero-order valence-electron chi connectivity index (χ0n) is 16.1. The van der Waals surface area contributed by atoms with Gasteiger partial charge >= 0.3 is 0 Å². The van der Waals surface area contributed by atoms with Crippen LogP contribution in [0.4, 0.5) is 11.4 Å². The Hall–Kier alpha value is -2.78. The van der Waals surface area contributed by atoms with E-state index >= 15 is 0 Å². The van der Waals surface area contributed by atoms with Gasteiger partial charge in [0.2, 0.25) is 0 Å². The van der Waals surface area contributed by atoms with Crippen molar-refractivity contribution in [2.75, 3.05) is 43.4 Å². The summed E-state index contributed by atoms with van der Waals surface area (Å²) in [5, 5.41) is 5.78. The van der Waals surface area contributed by atoms with E-state index in [4.69, 9.17) is 11.2 Å². The van der Waals surface area contributed by atoms with Crippen molar-refractivity contribution in [2.45, 2.75) is 32.2 Å². The Morgan fingerprint density at radius 3 is 2.57 bits per heavy atom. The standard InChI is InChI=1S/C22H27N3O3/c1-2-10-23-19-20(22(27)21(19)26)24-11-7-14-28-18-9-6-8-17(15-18)16-25-12-4-3-5-13-25/h1,6,8-9,15,23-24H,3-5,7,10-14,16H2. The van der Waals surface area contributed by atoms with Crippen LogP contribution in [0.2, 0.25) is 0 Å². The molecule has 0 unspecified atom stereocenters. The highest BCUT2D eigenvalue weighted by molar-refractivity contribution is 5.74. The Balaban J connectivity index is 1.40. The van der Waals surface area contributed by atoms with Crippen molar-refractivity contribution in [2.24, 2.45) is 0 Å². The highest BCUT2D eigenvalue weighted by Crippen LogP contribution is 2.18. The second-order valence-corrected chi connectivity index (χ2v) is 7.08. The van der Waals surface area contributed by atoms with E-state index in [1.54, 1.807) is 0 Å². The first kappa shape index (κ1) is 20.0. The van der Waals surface area contributed by atoms with Crippen LogP contribution in [0, 0.1) is 12.3 Å². The molecule has 2 N–H and O–H groups in total. The highest BCUT2D eigenvalue weighted by atomic mass is 16.5. The minimum absolute atomic E-state index is 0.219. The van der Waals surface area contributed by atoms with E-state index in [9.17, 15) is 9.59 Å². The summed E-state index contributed by atoms with van der Waals surface area (Å²) in [4.78, 5) is 25.6. The summed E-state index contributed by atoms with van der Waals surface area (Å²) in [6, 6.07) is 8.23. The Labute approximate surface area is 165 Å². The molecule has 6 heteroatoms. The molecule has 0 bridgehead atoms. The normalized spacial score (nSPS) is 14.5. The fourth-order valence-corrected chi connectivity index (χ4v) is 3.45. The molecule has 1 saturated heterocycles. The van der Waals surface area contributed by atoms with Crippen LogP contribution in [0.1, 0.15) is 31.2 Å². The summed E-state index contributed by atoms with van der Waals surface area (Å²) in [6.45, 7) is 4.61. The van der Waals surface area contributed by atoms with Gasteiger partial charge in [0.15, 0.2) is 0 Å². The zero-order chi connectivity index (χ0) is 19.8. The van der Waals surface area contributed by atoms with Gasteiger partial charge in [-0.1, -0.05) is 24.5 Å². The van der Waals surface area contributed by atoms with Crippen LogP contribution in [0.25, 0.3) is 0 Å². The van der Waals surface area contributed by atoms with Gasteiger partial charge in [-0.15, -0.1) is 6.42 Å². The van der Waals surface area contributed by atoms with Crippen molar-refractivity contribution >= 4 is 11.4 Å². The molecule has 0 atom stereocenters. The number of terminal acetylenes is 1. The SMILES string of the molecule is C#CCNc1c(NCCCOc2cccc(CN3CCCCC3)c2)c(=O)c1=O. The molecule has 1 fully saturated rings. The number of rotatable bonds is 10. The number of piperidine rings is 1. The molecule has 2 aromatic rings. The number of benzene rings is 1. The number of nitrogens with one attached hydrogen (secondary N) is 2. The number of anilines is 2. The van der Waals surface area contributed by atoms with Gasteiger partial charge in [-0.2, -0.15) is 0 Å². The van der Waals surface area contributed by atoms with Gasteiger partial charge in [0.1, 0.15) is 17.1 Å². The highest BCUT2D eigenvalue weighted by Gasteiger charge is 2.19. The van der Waals surface area contributed by atoms with Gasteiger partial charge < -0.3 is 15.4 Å². The van der Waals surface area contributed by atoms with E-state index < -0.39 is 10.9 Å². The maximum Gasteiger partial charge on any atom is 0.253 e. The Kier molecular flexibility index (Phi) is 7.10. The third-order valence-corrected chi connectivity index (χ3v) is 4.92. The summed E-state index contributed by atoms with van der Waals surface area (Å²) < 4.78 is 5.84. The first-order chi connectivity index (χ1) is 13.7. The third-order valence-electron chi connectivity index (χ3n) is 4.92. The first-order valence-corrected chi connectivity index (χ1v) is 9.87. The summed E-state index contributed by atoms with van der Waals surface area (Å²) >= 11 is 0. The topological polar surface area (TPSA) is 70.7 Å². The lowest BCUT2D eigenvalue weighted by atomic mass is 10.1. The zero-order valence-corrected chi connectivity index (χ0v) is 16.1. The number of likely N-dealkylation sites (tertiary alicyclic amines) is 1. The van der Waals surface area contributed by atoms with Crippen molar-refractivity contribution in [3.8, 4) is 18.1 Å². The molecule has 0 aliphatic carbocycles. The lowest BCUT2D eigenvalue weighted by molar-refractivity contribution is 0.220. The van der Waals surface area contributed by atoms with Gasteiger partial charge in [-0.3, -0.25) is 14.5 Å². The Morgan fingerprint density at radius 2 is 1.82 bits per heavy atom. The van der Waals surface area contributed by atoms with E-state index in [0.717, 1.165) is 12.3 Å². The molecule has 0 spiro atoms. The van der Waals surface area contributed by atoms with Crippen molar-refractivity contribution in [1.29, 1.82) is 0 Å². The first-order valence-electron chi connectivity index (χ1n) is 9.87. The number of hydrogen-bond donors (Lipinski definition) is 2. The maximum absolute atomic E-state index is 11.6. The molecule has 0 aromatic heterocycles. The number of ether oxygens (including phenoxy) is 1. The van der Waals surface area contributed by atoms with Gasteiger partial charge in [0.25, 0.3) is 10.9 Å². The Morgan fingerprint density at radius 1 is 1.07 bits per heavy atom. The molecule has 1 heterocycles. The summed E-state index contributed by atoms with van der Waals surface area (Å²) in [7, 11) is 0. The molecule has 28 heavy (non-hydrogen) atoms. The van der Waals surface area contributed by atoms with Crippen LogP contribution in [0.5, 0.6) is 5.75 Å². The predicted molar refractivity (Wildman–Crippen MR) is 113 cm³/mol. The lowest BCUT2D eigenvalue weighted by Crippen LogP contribution is -2.37. The fourth-order valence-electron chi connectivity index (χ4n) is 3.45. The molecule has 0 amide bonds. The van der Waals surface area contributed by atoms with Crippen molar-refractivity contribution in [3.05, 3.63) is 50.3 Å². The molecule has 148 valence electrons. The minimum atomic E-state index is -0.514. The average Bonchev–Trinajstić information content (AvgIpc) is 2.73. The lowest BCUT2D eigenvalue weighted by Gasteiger charge is -2.26. The van der Waals surface area contributed by atoms with Crippen molar-refractivity contribution in [3.63, 3.8) is 0 Å². The van der Waals surface area contributed by atoms with Gasteiger partial charge in [-0.25, -0.2) is 0 Å². The summed E-state index contributed by atoms with van der Waals surface area (Å²) in [5.41, 5.74) is 0.869. The molecule has 6 nitrogen and oxygen atoms in total. The fraction of sp³-hybridized carbons (Fsp3) is 0.455. The molecule has 0 radical (unpaired) electrons. The maximum atomic E-state index is 11.6. The second kappa shape index (κ2) is 9.95. The quantitative estimate of drug-likeness (QED) is 0.374. The second-order valence-electron chi connectivity index (χ2n) is 7.08. The van der Waals surface area contributed by atoms with Gasteiger partial charge in [0.05, 0.1) is 13.2 Å². The summed E-state index contributed by atoms with van der Waals surface area (Å²) in [6.07, 6.45) is 9.79. The molecule has 2 aromatic carbocycles. The van der Waals surface area contributed by atoms with Crippen LogP contribution in [-0.2, 0) is 6.54 Å². The third kappa shape index (κ3) is 5.14. The monoisotopic (exact) mass is 381 g/mol. The van der Waals surface area contributed by atoms with Crippen molar-refractivity contribution < 1.29 is 4.74 Å². The van der Waals surface area contributed by atoms with E-state index in [0.29, 0.717) is 25.3 Å². The molecule has 1 aliphatic heterocycles. The van der Waals surface area contributed by atoms with E-state index in [1.165, 1.54) is 37.9 Å². The molecule has 1 aliphatic rings. The molecular weight excluding hydrogens is 354 g/mol. The predicted octanol–water partition coefficient (Wildman–Crippen LogP) is 2.19. The van der Waals surface area contributed by atoms with E-state index in [2.05, 4.69) is 33.6 Å². The molecule has 0 saturated carbocycles. The van der Waals surface area contributed by atoms with E-state index in [-0.39, 0.29) is 12.2 Å².